The van der Waals surface area contributed by atoms with Gasteiger partial charge in [-0.05, 0) is 20.0 Å². The standard InChI is InChI=1S/C15H20F3NO2/c1-3-21-15(6-8-20-9-7-15)14(19-2)10-4-5-11(16)13(18)12(10)17/h4-5,14,19H,3,6-9H2,1-2H3. The molecule has 1 aliphatic rings. The van der Waals surface area contributed by atoms with Crippen LogP contribution in [0.2, 0.25) is 0 Å². The fourth-order valence-electron chi connectivity index (χ4n) is 2.99. The summed E-state index contributed by atoms with van der Waals surface area (Å²) in [7, 11) is 1.65. The van der Waals surface area contributed by atoms with Crippen LogP contribution in [0, 0.1) is 17.5 Å². The number of benzene rings is 1. The fourth-order valence-corrected chi connectivity index (χ4v) is 2.99. The summed E-state index contributed by atoms with van der Waals surface area (Å²) in [5.74, 6) is -3.81. The normalized spacial score (nSPS) is 19.5. The fraction of sp³-hybridized carbons (Fsp3) is 0.600. The first-order valence-electron chi connectivity index (χ1n) is 7.08. The van der Waals surface area contributed by atoms with Crippen LogP contribution in [-0.2, 0) is 9.47 Å². The quantitative estimate of drug-likeness (QED) is 0.848. The Morgan fingerprint density at radius 3 is 2.48 bits per heavy atom. The van der Waals surface area contributed by atoms with Crippen molar-refractivity contribution in [1.29, 1.82) is 0 Å². The Bertz CT molecular complexity index is 485. The topological polar surface area (TPSA) is 30.5 Å². The van der Waals surface area contributed by atoms with Gasteiger partial charge in [0.05, 0.1) is 11.6 Å². The maximum absolute atomic E-state index is 14.1. The molecule has 1 aromatic rings. The molecule has 1 N–H and O–H groups in total. The van der Waals surface area contributed by atoms with Crippen LogP contribution in [0.1, 0.15) is 31.4 Å². The summed E-state index contributed by atoms with van der Waals surface area (Å²) in [6.45, 7) is 3.28. The van der Waals surface area contributed by atoms with E-state index in [1.54, 1.807) is 7.05 Å². The van der Waals surface area contributed by atoms with Crippen molar-refractivity contribution in [1.82, 2.24) is 5.32 Å². The SMILES string of the molecule is CCOC1(C(NC)c2ccc(F)c(F)c2F)CCOCC1. The van der Waals surface area contributed by atoms with Gasteiger partial charge >= 0.3 is 0 Å². The summed E-state index contributed by atoms with van der Waals surface area (Å²) < 4.78 is 52.0. The van der Waals surface area contributed by atoms with Crippen LogP contribution in [0.3, 0.4) is 0 Å². The van der Waals surface area contributed by atoms with E-state index >= 15 is 0 Å². The van der Waals surface area contributed by atoms with Crippen LogP contribution >= 0.6 is 0 Å². The van der Waals surface area contributed by atoms with Gasteiger partial charge in [0.2, 0.25) is 0 Å². The first-order chi connectivity index (χ1) is 10.1. The van der Waals surface area contributed by atoms with Gasteiger partial charge in [-0.3, -0.25) is 0 Å². The van der Waals surface area contributed by atoms with Crippen LogP contribution in [0.25, 0.3) is 0 Å². The van der Waals surface area contributed by atoms with Crippen LogP contribution < -0.4 is 5.32 Å². The molecule has 0 saturated carbocycles. The number of ether oxygens (including phenoxy) is 2. The summed E-state index contributed by atoms with van der Waals surface area (Å²) in [6, 6.07) is 1.64. The van der Waals surface area contributed by atoms with Gasteiger partial charge < -0.3 is 14.8 Å². The van der Waals surface area contributed by atoms with Gasteiger partial charge in [0.15, 0.2) is 17.5 Å². The van der Waals surface area contributed by atoms with Crippen LogP contribution in [0.5, 0.6) is 0 Å². The number of likely N-dealkylation sites (N-methyl/N-ethyl adjacent to an activating group) is 1. The molecule has 21 heavy (non-hydrogen) atoms. The molecule has 1 saturated heterocycles. The van der Waals surface area contributed by atoms with Gasteiger partial charge in [0.25, 0.3) is 0 Å². The Labute approximate surface area is 122 Å². The highest BCUT2D eigenvalue weighted by molar-refractivity contribution is 5.26. The average Bonchev–Trinajstić information content (AvgIpc) is 2.49. The highest BCUT2D eigenvalue weighted by Crippen LogP contribution is 2.39. The van der Waals surface area contributed by atoms with E-state index in [0.29, 0.717) is 32.7 Å². The second-order valence-corrected chi connectivity index (χ2v) is 5.10. The Balaban J connectivity index is 2.43. The molecule has 3 nitrogen and oxygen atoms in total. The predicted molar refractivity (Wildman–Crippen MR) is 72.5 cm³/mol. The van der Waals surface area contributed by atoms with Crippen molar-refractivity contribution < 1.29 is 22.6 Å². The molecule has 1 aromatic carbocycles. The highest BCUT2D eigenvalue weighted by Gasteiger charge is 2.43. The van der Waals surface area contributed by atoms with Gasteiger partial charge in [0, 0.05) is 38.2 Å². The van der Waals surface area contributed by atoms with Gasteiger partial charge in [-0.15, -0.1) is 0 Å². The lowest BCUT2D eigenvalue weighted by molar-refractivity contribution is -0.127. The molecule has 1 atom stereocenters. The Hall–Kier alpha value is -1.11. The van der Waals surface area contributed by atoms with Crippen molar-refractivity contribution in [2.45, 2.75) is 31.4 Å². The first-order valence-corrected chi connectivity index (χ1v) is 7.08. The van der Waals surface area contributed by atoms with Gasteiger partial charge in [-0.2, -0.15) is 0 Å². The molecule has 0 radical (unpaired) electrons. The third-order valence-electron chi connectivity index (χ3n) is 3.96. The van der Waals surface area contributed by atoms with Crippen molar-refractivity contribution in [3.05, 3.63) is 35.1 Å². The van der Waals surface area contributed by atoms with E-state index in [4.69, 9.17) is 9.47 Å². The lowest BCUT2D eigenvalue weighted by atomic mass is 9.81. The lowest BCUT2D eigenvalue weighted by Gasteiger charge is -2.43. The molecule has 118 valence electrons. The third-order valence-corrected chi connectivity index (χ3v) is 3.96. The second-order valence-electron chi connectivity index (χ2n) is 5.10. The predicted octanol–water partition coefficient (Wildman–Crippen LogP) is 2.95. The van der Waals surface area contributed by atoms with E-state index in [-0.39, 0.29) is 5.56 Å². The van der Waals surface area contributed by atoms with Crippen molar-refractivity contribution >= 4 is 0 Å². The van der Waals surface area contributed by atoms with E-state index < -0.39 is 29.1 Å². The molecular formula is C15H20F3NO2. The molecule has 0 spiro atoms. The zero-order chi connectivity index (χ0) is 15.5. The summed E-state index contributed by atoms with van der Waals surface area (Å²) in [4.78, 5) is 0. The zero-order valence-corrected chi connectivity index (χ0v) is 12.2. The van der Waals surface area contributed by atoms with E-state index in [1.807, 2.05) is 6.92 Å². The molecule has 0 aromatic heterocycles. The molecule has 0 bridgehead atoms. The molecule has 1 aliphatic heterocycles. The van der Waals surface area contributed by atoms with Gasteiger partial charge in [-0.1, -0.05) is 6.07 Å². The molecule has 1 heterocycles. The smallest absolute Gasteiger partial charge is 0.194 e. The molecule has 0 aliphatic carbocycles. The minimum atomic E-state index is -1.45. The van der Waals surface area contributed by atoms with E-state index in [9.17, 15) is 13.2 Å². The molecule has 2 rings (SSSR count). The number of nitrogens with one attached hydrogen (secondary N) is 1. The number of hydrogen-bond donors (Lipinski definition) is 1. The molecule has 1 unspecified atom stereocenters. The summed E-state index contributed by atoms with van der Waals surface area (Å²) in [5, 5.41) is 2.99. The molecule has 0 amide bonds. The highest BCUT2D eigenvalue weighted by atomic mass is 19.2. The van der Waals surface area contributed by atoms with Crippen LogP contribution in [-0.4, -0.2) is 32.5 Å². The molecule has 6 heteroatoms. The van der Waals surface area contributed by atoms with E-state index in [2.05, 4.69) is 5.32 Å². The van der Waals surface area contributed by atoms with Gasteiger partial charge in [0.1, 0.15) is 0 Å². The van der Waals surface area contributed by atoms with Crippen LogP contribution in [0.4, 0.5) is 13.2 Å². The average molecular weight is 303 g/mol. The second kappa shape index (κ2) is 6.77. The van der Waals surface area contributed by atoms with E-state index in [0.717, 1.165) is 6.07 Å². The van der Waals surface area contributed by atoms with Gasteiger partial charge in [-0.25, -0.2) is 13.2 Å². The number of hydrogen-bond acceptors (Lipinski definition) is 3. The summed E-state index contributed by atoms with van der Waals surface area (Å²) in [5.41, 5.74) is -0.612. The monoisotopic (exact) mass is 303 g/mol. The Kier molecular flexibility index (Phi) is 5.24. The summed E-state index contributed by atoms with van der Waals surface area (Å²) >= 11 is 0. The largest absolute Gasteiger partial charge is 0.381 e. The minimum Gasteiger partial charge on any atom is -0.381 e. The van der Waals surface area contributed by atoms with Crippen LogP contribution in [0.15, 0.2) is 12.1 Å². The Morgan fingerprint density at radius 2 is 1.90 bits per heavy atom. The maximum Gasteiger partial charge on any atom is 0.194 e. The number of rotatable bonds is 5. The first kappa shape index (κ1) is 16.3. The van der Waals surface area contributed by atoms with Crippen molar-refractivity contribution in [2.75, 3.05) is 26.9 Å². The minimum absolute atomic E-state index is 0.0757. The zero-order valence-electron chi connectivity index (χ0n) is 12.2. The van der Waals surface area contributed by atoms with Crippen molar-refractivity contribution in [3.63, 3.8) is 0 Å². The van der Waals surface area contributed by atoms with Crippen molar-refractivity contribution in [3.8, 4) is 0 Å². The third kappa shape index (κ3) is 3.07. The molecule has 1 fully saturated rings. The number of halogens is 3. The van der Waals surface area contributed by atoms with E-state index in [1.165, 1.54) is 6.07 Å². The Morgan fingerprint density at radius 1 is 1.24 bits per heavy atom. The summed E-state index contributed by atoms with van der Waals surface area (Å²) in [6.07, 6.45) is 1.12. The maximum atomic E-state index is 14.1. The lowest BCUT2D eigenvalue weighted by Crippen LogP contribution is -2.49. The van der Waals surface area contributed by atoms with Crippen molar-refractivity contribution in [2.24, 2.45) is 0 Å². The molecular weight excluding hydrogens is 283 g/mol.